The van der Waals surface area contributed by atoms with E-state index in [1.807, 2.05) is 19.9 Å². The van der Waals surface area contributed by atoms with Crippen LogP contribution in [0, 0.1) is 0 Å². The van der Waals surface area contributed by atoms with E-state index < -0.39 is 0 Å². The average Bonchev–Trinajstić information content (AvgIpc) is 2.61. The van der Waals surface area contributed by atoms with E-state index in [0.29, 0.717) is 45.8 Å². The molecular weight excluding hydrogens is 320 g/mol. The molecule has 1 aromatic heterocycles. The molecule has 3 aromatic rings. The molecule has 0 saturated heterocycles. The van der Waals surface area contributed by atoms with Gasteiger partial charge in [-0.05, 0) is 32.1 Å². The van der Waals surface area contributed by atoms with Gasteiger partial charge in [0.15, 0.2) is 11.3 Å². The van der Waals surface area contributed by atoms with Crippen molar-refractivity contribution >= 4 is 21.9 Å². The summed E-state index contributed by atoms with van der Waals surface area (Å²) >= 11 is 0. The second-order valence-electron chi connectivity index (χ2n) is 5.86. The van der Waals surface area contributed by atoms with Gasteiger partial charge < -0.3 is 18.6 Å². The van der Waals surface area contributed by atoms with Gasteiger partial charge in [-0.25, -0.2) is 0 Å². The Hall–Kier alpha value is -2.95. The van der Waals surface area contributed by atoms with Crippen molar-refractivity contribution in [3.63, 3.8) is 0 Å². The normalized spacial score (nSPS) is 10.7. The Morgan fingerprint density at radius 3 is 2.60 bits per heavy atom. The van der Waals surface area contributed by atoms with Crippen molar-refractivity contribution in [2.24, 2.45) is 0 Å². The highest BCUT2D eigenvalue weighted by molar-refractivity contribution is 5.95. The molecule has 0 atom stereocenters. The van der Waals surface area contributed by atoms with Crippen molar-refractivity contribution in [2.45, 2.75) is 13.8 Å². The van der Waals surface area contributed by atoms with Gasteiger partial charge in [0, 0.05) is 12.1 Å². The van der Waals surface area contributed by atoms with Crippen molar-refractivity contribution in [1.82, 2.24) is 0 Å². The number of allylic oxidation sites excluding steroid dienone is 1. The summed E-state index contributed by atoms with van der Waals surface area (Å²) < 4.78 is 22.4. The Balaban J connectivity index is 2.26. The Morgan fingerprint density at radius 1 is 1.12 bits per heavy atom. The minimum Gasteiger partial charge on any atom is -0.496 e. The van der Waals surface area contributed by atoms with Gasteiger partial charge in [-0.15, -0.1) is 0 Å². The lowest BCUT2D eigenvalue weighted by Gasteiger charge is -2.11. The standard InChI is InChI=1S/C20H20O5/c1-12(2)8-9-24-15-7-5-6-14-19(21)18-16(23-4)10-13(22-3)11-17(18)25-20(14)15/h5-8,10-11H,9H2,1-4H3. The molecule has 0 spiro atoms. The predicted molar refractivity (Wildman–Crippen MR) is 98.0 cm³/mol. The molecule has 3 rings (SSSR count). The lowest BCUT2D eigenvalue weighted by Crippen LogP contribution is -2.05. The minimum atomic E-state index is -0.164. The first-order chi connectivity index (χ1) is 12.0. The molecule has 0 N–H and O–H groups in total. The van der Waals surface area contributed by atoms with E-state index in [1.54, 1.807) is 37.4 Å². The molecule has 0 fully saturated rings. The quantitative estimate of drug-likeness (QED) is 0.512. The summed E-state index contributed by atoms with van der Waals surface area (Å²) in [4.78, 5) is 13.0. The third-order valence-corrected chi connectivity index (χ3v) is 3.89. The van der Waals surface area contributed by atoms with E-state index in [4.69, 9.17) is 18.6 Å². The fourth-order valence-electron chi connectivity index (χ4n) is 2.61. The third-order valence-electron chi connectivity index (χ3n) is 3.89. The van der Waals surface area contributed by atoms with Crippen molar-refractivity contribution < 1.29 is 18.6 Å². The maximum Gasteiger partial charge on any atom is 0.204 e. The number of ether oxygens (including phenoxy) is 3. The highest BCUT2D eigenvalue weighted by Crippen LogP contribution is 2.33. The molecular formula is C20H20O5. The molecule has 130 valence electrons. The van der Waals surface area contributed by atoms with Crippen LogP contribution in [0.25, 0.3) is 21.9 Å². The average molecular weight is 340 g/mol. The van der Waals surface area contributed by atoms with Crippen molar-refractivity contribution in [3.8, 4) is 17.2 Å². The Kier molecular flexibility index (Phi) is 4.65. The van der Waals surface area contributed by atoms with Crippen LogP contribution in [-0.4, -0.2) is 20.8 Å². The van der Waals surface area contributed by atoms with Crippen molar-refractivity contribution in [2.75, 3.05) is 20.8 Å². The van der Waals surface area contributed by atoms with Crippen LogP contribution in [0.5, 0.6) is 17.2 Å². The number of fused-ring (bicyclic) bond motifs is 2. The summed E-state index contributed by atoms with van der Waals surface area (Å²) in [5.74, 6) is 1.49. The largest absolute Gasteiger partial charge is 0.496 e. The topological polar surface area (TPSA) is 57.9 Å². The summed E-state index contributed by atoms with van der Waals surface area (Å²) in [5, 5.41) is 0.836. The van der Waals surface area contributed by atoms with Gasteiger partial charge in [0.2, 0.25) is 5.43 Å². The van der Waals surface area contributed by atoms with Gasteiger partial charge in [-0.1, -0.05) is 11.6 Å². The van der Waals surface area contributed by atoms with Crippen molar-refractivity contribution in [1.29, 1.82) is 0 Å². The van der Waals surface area contributed by atoms with E-state index in [1.165, 1.54) is 7.11 Å². The Labute approximate surface area is 145 Å². The lowest BCUT2D eigenvalue weighted by molar-refractivity contribution is 0.360. The van der Waals surface area contributed by atoms with E-state index in [9.17, 15) is 4.79 Å². The molecule has 0 aliphatic rings. The summed E-state index contributed by atoms with van der Waals surface area (Å²) in [7, 11) is 3.06. The minimum absolute atomic E-state index is 0.164. The van der Waals surface area contributed by atoms with Crippen LogP contribution in [0.2, 0.25) is 0 Å². The van der Waals surface area contributed by atoms with Crippen LogP contribution in [0.15, 0.2) is 51.2 Å². The molecule has 0 unspecified atom stereocenters. The van der Waals surface area contributed by atoms with Crippen LogP contribution in [-0.2, 0) is 0 Å². The Bertz CT molecular complexity index is 1010. The number of methoxy groups -OCH3 is 2. The zero-order valence-electron chi connectivity index (χ0n) is 14.7. The molecule has 0 bridgehead atoms. The number of hydrogen-bond donors (Lipinski definition) is 0. The van der Waals surface area contributed by atoms with Crippen LogP contribution in [0.3, 0.4) is 0 Å². The van der Waals surface area contributed by atoms with E-state index in [-0.39, 0.29) is 5.43 Å². The smallest absolute Gasteiger partial charge is 0.204 e. The number of benzene rings is 2. The van der Waals surface area contributed by atoms with E-state index >= 15 is 0 Å². The summed E-state index contributed by atoms with van der Waals surface area (Å²) in [6.07, 6.45) is 1.96. The van der Waals surface area contributed by atoms with Crippen LogP contribution in [0.4, 0.5) is 0 Å². The highest BCUT2D eigenvalue weighted by atomic mass is 16.5. The van der Waals surface area contributed by atoms with Crippen LogP contribution < -0.4 is 19.6 Å². The van der Waals surface area contributed by atoms with Gasteiger partial charge >= 0.3 is 0 Å². The third kappa shape index (κ3) is 3.18. The molecule has 0 radical (unpaired) electrons. The lowest BCUT2D eigenvalue weighted by atomic mass is 10.1. The summed E-state index contributed by atoms with van der Waals surface area (Å²) in [6.45, 7) is 4.40. The van der Waals surface area contributed by atoms with Crippen LogP contribution in [0.1, 0.15) is 13.8 Å². The monoisotopic (exact) mass is 340 g/mol. The van der Waals surface area contributed by atoms with Gasteiger partial charge in [0.25, 0.3) is 0 Å². The van der Waals surface area contributed by atoms with E-state index in [0.717, 1.165) is 5.57 Å². The zero-order chi connectivity index (χ0) is 18.0. The molecule has 0 saturated carbocycles. The number of rotatable bonds is 5. The van der Waals surface area contributed by atoms with Crippen molar-refractivity contribution in [3.05, 3.63) is 52.2 Å². The molecule has 5 heteroatoms. The first kappa shape index (κ1) is 16.9. The maximum absolute atomic E-state index is 13.0. The summed E-state index contributed by atoms with van der Waals surface area (Å²) in [6, 6.07) is 8.62. The van der Waals surface area contributed by atoms with E-state index in [2.05, 4.69) is 0 Å². The molecule has 25 heavy (non-hydrogen) atoms. The second kappa shape index (κ2) is 6.89. The molecule has 0 aliphatic carbocycles. The number of hydrogen-bond acceptors (Lipinski definition) is 5. The van der Waals surface area contributed by atoms with Gasteiger partial charge in [-0.2, -0.15) is 0 Å². The predicted octanol–water partition coefficient (Wildman–Crippen LogP) is 4.31. The SMILES string of the molecule is COc1cc(OC)c2c(=O)c3cccc(OCC=C(C)C)c3oc2c1. The zero-order valence-corrected chi connectivity index (χ0v) is 14.7. The van der Waals surface area contributed by atoms with Gasteiger partial charge in [-0.3, -0.25) is 4.79 Å². The first-order valence-corrected chi connectivity index (χ1v) is 7.93. The van der Waals surface area contributed by atoms with Gasteiger partial charge in [0.1, 0.15) is 29.1 Å². The second-order valence-corrected chi connectivity index (χ2v) is 5.86. The Morgan fingerprint density at radius 2 is 1.92 bits per heavy atom. The fourth-order valence-corrected chi connectivity index (χ4v) is 2.61. The molecule has 2 aromatic carbocycles. The molecule has 5 nitrogen and oxygen atoms in total. The number of para-hydroxylation sites is 1. The molecule has 0 amide bonds. The fraction of sp³-hybridized carbons (Fsp3) is 0.250. The van der Waals surface area contributed by atoms with Gasteiger partial charge in [0.05, 0.1) is 19.6 Å². The summed E-state index contributed by atoms with van der Waals surface area (Å²) in [5.41, 5.74) is 1.80. The molecule has 1 heterocycles. The highest BCUT2D eigenvalue weighted by Gasteiger charge is 2.16. The molecule has 0 aliphatic heterocycles. The first-order valence-electron chi connectivity index (χ1n) is 7.93. The van der Waals surface area contributed by atoms with Crippen LogP contribution >= 0.6 is 0 Å². The maximum atomic E-state index is 13.0.